The standard InChI is InChI=1S/C11H11N3O3/c1-7(12)11-13-6-10(17-11)8-3-2-4-9(5-8)14(15)16/h2-7H,12H2,1H3. The van der Waals surface area contributed by atoms with E-state index in [9.17, 15) is 10.1 Å². The molecule has 0 aliphatic carbocycles. The molecule has 1 aromatic heterocycles. The summed E-state index contributed by atoms with van der Waals surface area (Å²) in [6.45, 7) is 1.75. The van der Waals surface area contributed by atoms with Gasteiger partial charge < -0.3 is 10.2 Å². The number of nitro groups is 1. The summed E-state index contributed by atoms with van der Waals surface area (Å²) in [5.41, 5.74) is 6.24. The van der Waals surface area contributed by atoms with Crippen LogP contribution in [-0.2, 0) is 0 Å². The van der Waals surface area contributed by atoms with E-state index in [-0.39, 0.29) is 11.7 Å². The average molecular weight is 233 g/mol. The second-order valence-corrected chi connectivity index (χ2v) is 3.66. The van der Waals surface area contributed by atoms with E-state index in [0.29, 0.717) is 17.2 Å². The molecule has 1 atom stereocenters. The summed E-state index contributed by atoms with van der Waals surface area (Å²) in [7, 11) is 0. The van der Waals surface area contributed by atoms with Crippen LogP contribution >= 0.6 is 0 Å². The lowest BCUT2D eigenvalue weighted by molar-refractivity contribution is -0.384. The number of hydrogen-bond acceptors (Lipinski definition) is 5. The van der Waals surface area contributed by atoms with E-state index in [2.05, 4.69) is 4.98 Å². The molecule has 0 aliphatic rings. The van der Waals surface area contributed by atoms with Gasteiger partial charge in [-0.2, -0.15) is 0 Å². The molecule has 88 valence electrons. The number of nitro benzene ring substituents is 1. The summed E-state index contributed by atoms with van der Waals surface area (Å²) < 4.78 is 5.41. The lowest BCUT2D eigenvalue weighted by atomic mass is 10.2. The zero-order valence-electron chi connectivity index (χ0n) is 9.16. The number of non-ortho nitro benzene ring substituents is 1. The predicted molar refractivity (Wildman–Crippen MR) is 61.2 cm³/mol. The maximum atomic E-state index is 10.6. The number of hydrogen-bond donors (Lipinski definition) is 1. The molecule has 0 fully saturated rings. The van der Waals surface area contributed by atoms with E-state index < -0.39 is 4.92 Å². The van der Waals surface area contributed by atoms with Crippen LogP contribution in [0.2, 0.25) is 0 Å². The van der Waals surface area contributed by atoms with Crippen LogP contribution in [0.3, 0.4) is 0 Å². The minimum absolute atomic E-state index is 0.0150. The van der Waals surface area contributed by atoms with Gasteiger partial charge >= 0.3 is 0 Å². The van der Waals surface area contributed by atoms with Crippen LogP contribution in [0, 0.1) is 10.1 Å². The maximum Gasteiger partial charge on any atom is 0.270 e. The number of nitrogens with two attached hydrogens (primary N) is 1. The van der Waals surface area contributed by atoms with Crippen molar-refractivity contribution in [1.82, 2.24) is 4.98 Å². The number of benzene rings is 1. The molecule has 2 aromatic rings. The Kier molecular flexibility index (Phi) is 2.88. The lowest BCUT2D eigenvalue weighted by Gasteiger charge is -1.98. The second-order valence-electron chi connectivity index (χ2n) is 3.66. The molecule has 0 bridgehead atoms. The molecular weight excluding hydrogens is 222 g/mol. The fraction of sp³-hybridized carbons (Fsp3) is 0.182. The van der Waals surface area contributed by atoms with E-state index in [1.165, 1.54) is 18.3 Å². The van der Waals surface area contributed by atoms with E-state index in [1.54, 1.807) is 19.1 Å². The molecular formula is C11H11N3O3. The third-order valence-electron chi connectivity index (χ3n) is 2.25. The molecule has 1 aromatic carbocycles. The Bertz CT molecular complexity index is 548. The first-order valence-electron chi connectivity index (χ1n) is 5.04. The first kappa shape index (κ1) is 11.3. The van der Waals surface area contributed by atoms with Gasteiger partial charge in [0.15, 0.2) is 5.76 Å². The SMILES string of the molecule is CC(N)c1ncc(-c2cccc([N+](=O)[O-])c2)o1. The largest absolute Gasteiger partial charge is 0.439 e. The molecule has 0 saturated carbocycles. The van der Waals surface area contributed by atoms with Crippen LogP contribution in [0.1, 0.15) is 18.9 Å². The summed E-state index contributed by atoms with van der Waals surface area (Å²) in [6.07, 6.45) is 1.51. The summed E-state index contributed by atoms with van der Waals surface area (Å²) in [6, 6.07) is 5.88. The third kappa shape index (κ3) is 2.31. The molecule has 0 spiro atoms. The Morgan fingerprint density at radius 3 is 2.88 bits per heavy atom. The normalized spacial score (nSPS) is 12.4. The zero-order chi connectivity index (χ0) is 12.4. The van der Waals surface area contributed by atoms with Gasteiger partial charge in [0.05, 0.1) is 17.2 Å². The van der Waals surface area contributed by atoms with Gasteiger partial charge in [0.1, 0.15) is 0 Å². The zero-order valence-corrected chi connectivity index (χ0v) is 9.16. The van der Waals surface area contributed by atoms with Gasteiger partial charge in [-0.1, -0.05) is 12.1 Å². The molecule has 17 heavy (non-hydrogen) atoms. The van der Waals surface area contributed by atoms with E-state index in [4.69, 9.17) is 10.2 Å². The van der Waals surface area contributed by atoms with Gasteiger partial charge in [-0.3, -0.25) is 10.1 Å². The molecule has 6 nitrogen and oxygen atoms in total. The van der Waals surface area contributed by atoms with Crippen molar-refractivity contribution in [2.45, 2.75) is 13.0 Å². The predicted octanol–water partition coefficient (Wildman–Crippen LogP) is 2.27. The molecule has 2 rings (SSSR count). The fourth-order valence-electron chi connectivity index (χ4n) is 1.40. The second kappa shape index (κ2) is 4.34. The molecule has 2 N–H and O–H groups in total. The van der Waals surface area contributed by atoms with Gasteiger partial charge in [-0.15, -0.1) is 0 Å². The van der Waals surface area contributed by atoms with Crippen LogP contribution in [0.15, 0.2) is 34.9 Å². The molecule has 0 saturated heterocycles. The highest BCUT2D eigenvalue weighted by atomic mass is 16.6. The molecule has 1 heterocycles. The van der Waals surface area contributed by atoms with Gasteiger partial charge in [-0.25, -0.2) is 4.98 Å². The Morgan fingerprint density at radius 1 is 1.53 bits per heavy atom. The highest BCUT2D eigenvalue weighted by molar-refractivity contribution is 5.60. The van der Waals surface area contributed by atoms with E-state index >= 15 is 0 Å². The van der Waals surface area contributed by atoms with Gasteiger partial charge in [-0.05, 0) is 6.92 Å². The van der Waals surface area contributed by atoms with Crippen LogP contribution < -0.4 is 5.73 Å². The van der Waals surface area contributed by atoms with Crippen LogP contribution in [-0.4, -0.2) is 9.91 Å². The van der Waals surface area contributed by atoms with E-state index in [1.807, 2.05) is 0 Å². The molecule has 0 radical (unpaired) electrons. The lowest BCUT2D eigenvalue weighted by Crippen LogP contribution is -2.04. The van der Waals surface area contributed by atoms with Gasteiger partial charge in [0, 0.05) is 17.7 Å². The maximum absolute atomic E-state index is 10.6. The van der Waals surface area contributed by atoms with Crippen molar-refractivity contribution in [3.63, 3.8) is 0 Å². The van der Waals surface area contributed by atoms with Gasteiger partial charge in [0.2, 0.25) is 5.89 Å². The highest BCUT2D eigenvalue weighted by Crippen LogP contribution is 2.25. The van der Waals surface area contributed by atoms with Crippen LogP contribution in [0.5, 0.6) is 0 Å². The number of oxazole rings is 1. The fourth-order valence-corrected chi connectivity index (χ4v) is 1.40. The van der Waals surface area contributed by atoms with Crippen molar-refractivity contribution in [1.29, 1.82) is 0 Å². The molecule has 6 heteroatoms. The van der Waals surface area contributed by atoms with E-state index in [0.717, 1.165) is 0 Å². The number of rotatable bonds is 3. The van der Waals surface area contributed by atoms with Crippen molar-refractivity contribution < 1.29 is 9.34 Å². The number of nitrogens with zero attached hydrogens (tertiary/aromatic N) is 2. The minimum Gasteiger partial charge on any atom is -0.439 e. The van der Waals surface area contributed by atoms with Gasteiger partial charge in [0.25, 0.3) is 5.69 Å². The Morgan fingerprint density at radius 2 is 2.29 bits per heavy atom. The Balaban J connectivity index is 2.38. The first-order chi connectivity index (χ1) is 8.08. The molecule has 0 aliphatic heterocycles. The summed E-state index contributed by atoms with van der Waals surface area (Å²) >= 11 is 0. The first-order valence-corrected chi connectivity index (χ1v) is 5.04. The van der Waals surface area contributed by atoms with Crippen molar-refractivity contribution in [2.75, 3.05) is 0 Å². The monoisotopic (exact) mass is 233 g/mol. The van der Waals surface area contributed by atoms with Crippen molar-refractivity contribution >= 4 is 5.69 Å². The van der Waals surface area contributed by atoms with Crippen molar-refractivity contribution in [2.24, 2.45) is 5.73 Å². The summed E-state index contributed by atoms with van der Waals surface area (Å²) in [5.74, 6) is 0.882. The highest BCUT2D eigenvalue weighted by Gasteiger charge is 2.12. The quantitative estimate of drug-likeness (QED) is 0.648. The molecule has 1 unspecified atom stereocenters. The average Bonchev–Trinajstić information content (AvgIpc) is 2.78. The number of aromatic nitrogens is 1. The third-order valence-corrected chi connectivity index (χ3v) is 2.25. The van der Waals surface area contributed by atoms with Crippen LogP contribution in [0.4, 0.5) is 5.69 Å². The topological polar surface area (TPSA) is 95.2 Å². The molecule has 0 amide bonds. The minimum atomic E-state index is -0.452. The Hall–Kier alpha value is -2.21. The smallest absolute Gasteiger partial charge is 0.270 e. The Labute approximate surface area is 97.2 Å². The summed E-state index contributed by atoms with van der Waals surface area (Å²) in [5, 5.41) is 10.6. The van der Waals surface area contributed by atoms with Crippen molar-refractivity contribution in [3.8, 4) is 11.3 Å². The van der Waals surface area contributed by atoms with Crippen molar-refractivity contribution in [3.05, 3.63) is 46.5 Å². The van der Waals surface area contributed by atoms with Crippen LogP contribution in [0.25, 0.3) is 11.3 Å². The summed E-state index contributed by atoms with van der Waals surface area (Å²) in [4.78, 5) is 14.2.